The molecule has 0 aromatic heterocycles. The molecule has 0 aliphatic carbocycles. The first-order chi connectivity index (χ1) is 5.24. The summed E-state index contributed by atoms with van der Waals surface area (Å²) in [4.78, 5) is -0.236. The highest BCUT2D eigenvalue weighted by molar-refractivity contribution is 9.09. The van der Waals surface area contributed by atoms with Gasteiger partial charge in [0.1, 0.15) is 4.83 Å². The smallest absolute Gasteiger partial charge is 0.126 e. The lowest BCUT2D eigenvalue weighted by Crippen LogP contribution is -1.83. The number of halogens is 2. The minimum Gasteiger partial charge on any atom is -0.197 e. The minimum atomic E-state index is -0.236. The Bertz CT molecular complexity index is 275. The molecule has 3 heteroatoms. The Morgan fingerprint density at radius 3 is 2.36 bits per heavy atom. The summed E-state index contributed by atoms with van der Waals surface area (Å²) in [6, 6.07) is 9.26. The predicted octanol–water partition coefficient (Wildman–Crippen LogP) is 3.30. The van der Waals surface area contributed by atoms with Gasteiger partial charge in [-0.1, -0.05) is 39.7 Å². The topological polar surface area (TPSA) is 23.8 Å². The van der Waals surface area contributed by atoms with E-state index in [2.05, 4.69) is 22.0 Å². The average molecular weight is 230 g/mol. The molecule has 1 unspecified atom stereocenters. The average Bonchev–Trinajstić information content (AvgIpc) is 2.05. The first-order valence-corrected chi connectivity index (χ1v) is 4.32. The molecule has 1 rings (SSSR count). The molecule has 11 heavy (non-hydrogen) atoms. The third kappa shape index (κ3) is 2.21. The van der Waals surface area contributed by atoms with Crippen LogP contribution in [0.25, 0.3) is 0 Å². The van der Waals surface area contributed by atoms with E-state index in [4.69, 9.17) is 16.9 Å². The van der Waals surface area contributed by atoms with Crippen molar-refractivity contribution in [1.82, 2.24) is 0 Å². The van der Waals surface area contributed by atoms with Crippen LogP contribution in [0.4, 0.5) is 0 Å². The molecule has 0 amide bonds. The first kappa shape index (κ1) is 8.58. The zero-order valence-corrected chi connectivity index (χ0v) is 7.93. The van der Waals surface area contributed by atoms with Crippen LogP contribution in [0.3, 0.4) is 0 Å². The summed E-state index contributed by atoms with van der Waals surface area (Å²) in [7, 11) is 0. The summed E-state index contributed by atoms with van der Waals surface area (Å²) in [5.41, 5.74) is 0.928. The SMILES string of the molecule is N#CC(Br)c1ccc(Cl)cc1. The van der Waals surface area contributed by atoms with Crippen LogP contribution in [-0.4, -0.2) is 0 Å². The summed E-state index contributed by atoms with van der Waals surface area (Å²) in [5, 5.41) is 9.21. The van der Waals surface area contributed by atoms with Gasteiger partial charge in [-0.05, 0) is 17.7 Å². The standard InChI is InChI=1S/C8H5BrClN/c9-8(5-11)6-1-3-7(10)4-2-6/h1-4,8H. The lowest BCUT2D eigenvalue weighted by atomic mass is 10.2. The molecule has 0 bridgehead atoms. The highest BCUT2D eigenvalue weighted by Crippen LogP contribution is 2.22. The quantitative estimate of drug-likeness (QED) is 0.679. The Hall–Kier alpha value is -0.520. The summed E-state index contributed by atoms with van der Waals surface area (Å²) in [6.45, 7) is 0. The first-order valence-electron chi connectivity index (χ1n) is 3.03. The zero-order valence-electron chi connectivity index (χ0n) is 5.59. The molecule has 56 valence electrons. The zero-order chi connectivity index (χ0) is 8.27. The normalized spacial score (nSPS) is 12.1. The highest BCUT2D eigenvalue weighted by Gasteiger charge is 2.03. The maximum atomic E-state index is 8.53. The van der Waals surface area contributed by atoms with Gasteiger partial charge in [-0.15, -0.1) is 0 Å². The second-order valence-electron chi connectivity index (χ2n) is 2.04. The third-order valence-electron chi connectivity index (χ3n) is 1.28. The fourth-order valence-corrected chi connectivity index (χ4v) is 1.14. The Kier molecular flexibility index (Phi) is 2.92. The molecule has 1 atom stereocenters. The Labute approximate surface area is 78.7 Å². The number of hydrogen-bond donors (Lipinski definition) is 0. The number of alkyl halides is 1. The van der Waals surface area contributed by atoms with Gasteiger partial charge >= 0.3 is 0 Å². The molecule has 0 saturated carbocycles. The molecule has 0 heterocycles. The summed E-state index contributed by atoms with van der Waals surface area (Å²) in [5.74, 6) is 0. The number of nitrogens with zero attached hydrogens (tertiary/aromatic N) is 1. The number of hydrogen-bond acceptors (Lipinski definition) is 1. The van der Waals surface area contributed by atoms with Gasteiger partial charge in [-0.3, -0.25) is 0 Å². The molecule has 0 N–H and O–H groups in total. The Morgan fingerprint density at radius 2 is 1.91 bits per heavy atom. The van der Waals surface area contributed by atoms with Crippen LogP contribution in [0, 0.1) is 11.3 Å². The molecular weight excluding hydrogens is 225 g/mol. The molecule has 0 spiro atoms. The number of nitriles is 1. The lowest BCUT2D eigenvalue weighted by Gasteiger charge is -1.99. The molecule has 1 aromatic rings. The molecule has 0 fully saturated rings. The summed E-state index contributed by atoms with van der Waals surface area (Å²) in [6.07, 6.45) is 0. The van der Waals surface area contributed by atoms with E-state index in [1.54, 1.807) is 12.1 Å². The van der Waals surface area contributed by atoms with Gasteiger partial charge in [0.25, 0.3) is 0 Å². The van der Waals surface area contributed by atoms with Gasteiger partial charge in [-0.25, -0.2) is 0 Å². The highest BCUT2D eigenvalue weighted by atomic mass is 79.9. The van der Waals surface area contributed by atoms with E-state index in [1.807, 2.05) is 12.1 Å². The summed E-state index contributed by atoms with van der Waals surface area (Å²) >= 11 is 8.87. The predicted molar refractivity (Wildman–Crippen MR) is 48.7 cm³/mol. The molecular formula is C8H5BrClN. The second kappa shape index (κ2) is 3.75. The van der Waals surface area contributed by atoms with E-state index in [0.29, 0.717) is 5.02 Å². The molecule has 0 aliphatic heterocycles. The monoisotopic (exact) mass is 229 g/mol. The van der Waals surface area contributed by atoms with E-state index in [9.17, 15) is 0 Å². The van der Waals surface area contributed by atoms with Crippen molar-refractivity contribution in [1.29, 1.82) is 5.26 Å². The van der Waals surface area contributed by atoms with Gasteiger partial charge in [-0.2, -0.15) is 5.26 Å². The number of rotatable bonds is 1. The van der Waals surface area contributed by atoms with Crippen molar-refractivity contribution in [3.63, 3.8) is 0 Å². The van der Waals surface area contributed by atoms with Crippen molar-refractivity contribution in [3.8, 4) is 6.07 Å². The van der Waals surface area contributed by atoms with Gasteiger partial charge in [0.15, 0.2) is 0 Å². The third-order valence-corrected chi connectivity index (χ3v) is 2.26. The van der Waals surface area contributed by atoms with Crippen LogP contribution in [0.1, 0.15) is 10.4 Å². The van der Waals surface area contributed by atoms with E-state index < -0.39 is 0 Å². The Morgan fingerprint density at radius 1 is 1.36 bits per heavy atom. The maximum absolute atomic E-state index is 8.53. The van der Waals surface area contributed by atoms with E-state index in [-0.39, 0.29) is 4.83 Å². The van der Waals surface area contributed by atoms with Gasteiger partial charge < -0.3 is 0 Å². The van der Waals surface area contributed by atoms with Crippen LogP contribution < -0.4 is 0 Å². The van der Waals surface area contributed by atoms with Gasteiger partial charge in [0.2, 0.25) is 0 Å². The fraction of sp³-hybridized carbons (Fsp3) is 0.125. The summed E-state index contributed by atoms with van der Waals surface area (Å²) < 4.78 is 0. The molecule has 0 aliphatic rings. The van der Waals surface area contributed by atoms with Crippen molar-refractivity contribution >= 4 is 27.5 Å². The van der Waals surface area contributed by atoms with E-state index in [1.165, 1.54) is 0 Å². The lowest BCUT2D eigenvalue weighted by molar-refractivity contribution is 1.25. The van der Waals surface area contributed by atoms with E-state index in [0.717, 1.165) is 5.56 Å². The van der Waals surface area contributed by atoms with Crippen molar-refractivity contribution in [2.45, 2.75) is 4.83 Å². The second-order valence-corrected chi connectivity index (χ2v) is 3.40. The largest absolute Gasteiger partial charge is 0.197 e. The van der Waals surface area contributed by atoms with E-state index >= 15 is 0 Å². The van der Waals surface area contributed by atoms with Crippen molar-refractivity contribution in [2.75, 3.05) is 0 Å². The van der Waals surface area contributed by atoms with Gasteiger partial charge in [0, 0.05) is 5.02 Å². The minimum absolute atomic E-state index is 0.236. The molecule has 0 radical (unpaired) electrons. The molecule has 1 nitrogen and oxygen atoms in total. The molecule has 1 aromatic carbocycles. The number of benzene rings is 1. The van der Waals surface area contributed by atoms with Crippen molar-refractivity contribution < 1.29 is 0 Å². The van der Waals surface area contributed by atoms with Crippen LogP contribution >= 0.6 is 27.5 Å². The van der Waals surface area contributed by atoms with Crippen molar-refractivity contribution in [2.24, 2.45) is 0 Å². The maximum Gasteiger partial charge on any atom is 0.126 e. The van der Waals surface area contributed by atoms with Gasteiger partial charge in [0.05, 0.1) is 6.07 Å². The van der Waals surface area contributed by atoms with Crippen molar-refractivity contribution in [3.05, 3.63) is 34.9 Å². The van der Waals surface area contributed by atoms with Crippen LogP contribution in [0.2, 0.25) is 5.02 Å². The van der Waals surface area contributed by atoms with Crippen LogP contribution in [-0.2, 0) is 0 Å². The molecule has 0 saturated heterocycles. The van der Waals surface area contributed by atoms with Crippen LogP contribution in [0.5, 0.6) is 0 Å². The Balaban J connectivity index is 2.92. The fourth-order valence-electron chi connectivity index (χ4n) is 0.706. The van der Waals surface area contributed by atoms with Crippen LogP contribution in [0.15, 0.2) is 24.3 Å².